The van der Waals surface area contributed by atoms with Crippen LogP contribution in [0.2, 0.25) is 0 Å². The molecule has 0 aromatic carbocycles. The Morgan fingerprint density at radius 2 is 2.11 bits per heavy atom. The molecule has 4 nitrogen and oxygen atoms in total. The first-order chi connectivity index (χ1) is 8.60. The summed E-state index contributed by atoms with van der Waals surface area (Å²) in [5.41, 5.74) is 7.44. The lowest BCUT2D eigenvalue weighted by Gasteiger charge is -2.18. The minimum atomic E-state index is 0.332. The van der Waals surface area contributed by atoms with Crippen LogP contribution in [0.3, 0.4) is 0 Å². The van der Waals surface area contributed by atoms with Gasteiger partial charge in [-0.15, -0.1) is 0 Å². The summed E-state index contributed by atoms with van der Waals surface area (Å²) >= 11 is 5.03. The van der Waals surface area contributed by atoms with E-state index in [1.165, 1.54) is 0 Å². The molecule has 100 valence electrons. The van der Waals surface area contributed by atoms with Crippen molar-refractivity contribution in [2.24, 2.45) is 5.73 Å². The number of aromatic nitrogens is 1. The molecule has 0 aliphatic heterocycles. The number of nitrogens with two attached hydrogens (primary N) is 1. The summed E-state index contributed by atoms with van der Waals surface area (Å²) in [5, 5.41) is 0. The van der Waals surface area contributed by atoms with Gasteiger partial charge in [0.2, 0.25) is 5.88 Å². The van der Waals surface area contributed by atoms with Crippen LogP contribution in [0.15, 0.2) is 12.3 Å². The van der Waals surface area contributed by atoms with Gasteiger partial charge in [-0.3, -0.25) is 0 Å². The standard InChI is InChI=1S/C13H21N3OS/c1-4-16(5-2)8-9-17-13-11(12(14)18)10(3)6-7-15-13/h6-7H,4-5,8-9H2,1-3H3,(H2,14,18). The van der Waals surface area contributed by atoms with Crippen LogP contribution in [0.4, 0.5) is 0 Å². The summed E-state index contributed by atoms with van der Waals surface area (Å²) < 4.78 is 5.69. The van der Waals surface area contributed by atoms with Gasteiger partial charge in [0.25, 0.3) is 0 Å². The molecule has 2 N–H and O–H groups in total. The molecule has 1 heterocycles. The van der Waals surface area contributed by atoms with Crippen molar-refractivity contribution in [3.63, 3.8) is 0 Å². The molecule has 0 unspecified atom stereocenters. The topological polar surface area (TPSA) is 51.4 Å². The van der Waals surface area contributed by atoms with Crippen LogP contribution < -0.4 is 10.5 Å². The predicted molar refractivity (Wildman–Crippen MR) is 78.1 cm³/mol. The minimum absolute atomic E-state index is 0.332. The first-order valence-corrected chi connectivity index (χ1v) is 6.61. The third-order valence-corrected chi connectivity index (χ3v) is 3.12. The van der Waals surface area contributed by atoms with E-state index in [2.05, 4.69) is 23.7 Å². The number of ether oxygens (including phenoxy) is 1. The third-order valence-electron chi connectivity index (χ3n) is 2.91. The molecule has 0 amide bonds. The fourth-order valence-electron chi connectivity index (χ4n) is 1.75. The molecule has 0 aliphatic rings. The van der Waals surface area contributed by atoms with Crippen LogP contribution >= 0.6 is 12.2 Å². The summed E-state index contributed by atoms with van der Waals surface area (Å²) in [5.74, 6) is 0.537. The molecule has 18 heavy (non-hydrogen) atoms. The molecule has 0 fully saturated rings. The average Bonchev–Trinajstić information content (AvgIpc) is 2.34. The SMILES string of the molecule is CCN(CC)CCOc1nccc(C)c1C(N)=S. The number of hydrogen-bond donors (Lipinski definition) is 1. The second-order valence-electron chi connectivity index (χ2n) is 4.05. The van der Waals surface area contributed by atoms with Crippen LogP contribution in [0.25, 0.3) is 0 Å². The Kier molecular flexibility index (Phi) is 6.01. The monoisotopic (exact) mass is 267 g/mol. The Morgan fingerprint density at radius 3 is 2.67 bits per heavy atom. The molecule has 1 aromatic heterocycles. The number of likely N-dealkylation sites (N-methyl/N-ethyl adjacent to an activating group) is 1. The van der Waals surface area contributed by atoms with Crippen molar-refractivity contribution in [2.75, 3.05) is 26.2 Å². The largest absolute Gasteiger partial charge is 0.476 e. The Hall–Kier alpha value is -1.20. The zero-order chi connectivity index (χ0) is 13.5. The van der Waals surface area contributed by atoms with E-state index in [-0.39, 0.29) is 0 Å². The van der Waals surface area contributed by atoms with E-state index >= 15 is 0 Å². The van der Waals surface area contributed by atoms with Gasteiger partial charge < -0.3 is 15.4 Å². The minimum Gasteiger partial charge on any atom is -0.476 e. The van der Waals surface area contributed by atoms with Gasteiger partial charge in [0.15, 0.2) is 0 Å². The highest BCUT2D eigenvalue weighted by atomic mass is 32.1. The number of rotatable bonds is 7. The van der Waals surface area contributed by atoms with Gasteiger partial charge in [-0.1, -0.05) is 26.1 Å². The van der Waals surface area contributed by atoms with E-state index in [1.54, 1.807) is 6.20 Å². The van der Waals surface area contributed by atoms with Crippen LogP contribution in [-0.2, 0) is 0 Å². The number of aryl methyl sites for hydroxylation is 1. The summed E-state index contributed by atoms with van der Waals surface area (Å²) in [4.78, 5) is 6.82. The first kappa shape index (κ1) is 14.9. The van der Waals surface area contributed by atoms with E-state index < -0.39 is 0 Å². The van der Waals surface area contributed by atoms with Crippen molar-refractivity contribution in [1.29, 1.82) is 0 Å². The van der Waals surface area contributed by atoms with Crippen molar-refractivity contribution < 1.29 is 4.74 Å². The molecule has 5 heteroatoms. The van der Waals surface area contributed by atoms with Crippen LogP contribution in [0.5, 0.6) is 5.88 Å². The number of hydrogen-bond acceptors (Lipinski definition) is 4. The van der Waals surface area contributed by atoms with Crippen LogP contribution in [0, 0.1) is 6.92 Å². The highest BCUT2D eigenvalue weighted by Crippen LogP contribution is 2.18. The van der Waals surface area contributed by atoms with E-state index in [4.69, 9.17) is 22.7 Å². The zero-order valence-electron chi connectivity index (χ0n) is 11.3. The summed E-state index contributed by atoms with van der Waals surface area (Å²) in [6.45, 7) is 9.72. The molecular weight excluding hydrogens is 246 g/mol. The Morgan fingerprint density at radius 1 is 1.44 bits per heavy atom. The fraction of sp³-hybridized carbons (Fsp3) is 0.538. The van der Waals surface area contributed by atoms with Gasteiger partial charge in [-0.05, 0) is 31.6 Å². The van der Waals surface area contributed by atoms with E-state index in [0.717, 1.165) is 30.8 Å². The maximum absolute atomic E-state index is 5.70. The molecule has 0 atom stereocenters. The smallest absolute Gasteiger partial charge is 0.224 e. The number of thiocarbonyl (C=S) groups is 1. The van der Waals surface area contributed by atoms with Crippen molar-refractivity contribution in [2.45, 2.75) is 20.8 Å². The average molecular weight is 267 g/mol. The van der Waals surface area contributed by atoms with Gasteiger partial charge in [-0.25, -0.2) is 4.98 Å². The number of pyridine rings is 1. The molecular formula is C13H21N3OS. The zero-order valence-corrected chi connectivity index (χ0v) is 12.1. The Bertz CT molecular complexity index is 405. The van der Waals surface area contributed by atoms with E-state index in [0.29, 0.717) is 17.5 Å². The second-order valence-corrected chi connectivity index (χ2v) is 4.49. The van der Waals surface area contributed by atoms with E-state index in [1.807, 2.05) is 13.0 Å². The lowest BCUT2D eigenvalue weighted by Crippen LogP contribution is -2.28. The van der Waals surface area contributed by atoms with Gasteiger partial charge >= 0.3 is 0 Å². The van der Waals surface area contributed by atoms with Crippen LogP contribution in [0.1, 0.15) is 25.0 Å². The molecule has 0 aliphatic carbocycles. The van der Waals surface area contributed by atoms with Crippen molar-refractivity contribution in [1.82, 2.24) is 9.88 Å². The normalized spacial score (nSPS) is 10.7. The maximum Gasteiger partial charge on any atom is 0.224 e. The summed E-state index contributed by atoms with van der Waals surface area (Å²) in [7, 11) is 0. The summed E-state index contributed by atoms with van der Waals surface area (Å²) in [6, 6.07) is 1.88. The highest BCUT2D eigenvalue weighted by molar-refractivity contribution is 7.80. The quantitative estimate of drug-likeness (QED) is 0.763. The fourth-order valence-corrected chi connectivity index (χ4v) is 2.00. The predicted octanol–water partition coefficient (Wildman–Crippen LogP) is 1.74. The number of nitrogens with zero attached hydrogens (tertiary/aromatic N) is 2. The molecule has 0 radical (unpaired) electrons. The molecule has 0 saturated carbocycles. The van der Waals surface area contributed by atoms with Gasteiger partial charge in [0.05, 0.1) is 5.56 Å². The summed E-state index contributed by atoms with van der Waals surface area (Å²) in [6.07, 6.45) is 1.71. The Balaban J connectivity index is 2.67. The van der Waals surface area contributed by atoms with Gasteiger partial charge in [0.1, 0.15) is 11.6 Å². The third kappa shape index (κ3) is 3.92. The molecule has 1 rings (SSSR count). The van der Waals surface area contributed by atoms with Crippen molar-refractivity contribution in [3.8, 4) is 5.88 Å². The lowest BCUT2D eigenvalue weighted by atomic mass is 10.1. The molecule has 0 saturated heterocycles. The molecule has 0 bridgehead atoms. The van der Waals surface area contributed by atoms with Crippen molar-refractivity contribution in [3.05, 3.63) is 23.4 Å². The first-order valence-electron chi connectivity index (χ1n) is 6.20. The van der Waals surface area contributed by atoms with Gasteiger partial charge in [0, 0.05) is 12.7 Å². The van der Waals surface area contributed by atoms with Gasteiger partial charge in [-0.2, -0.15) is 0 Å². The maximum atomic E-state index is 5.70. The second kappa shape index (κ2) is 7.28. The lowest BCUT2D eigenvalue weighted by molar-refractivity contribution is 0.217. The van der Waals surface area contributed by atoms with Crippen molar-refractivity contribution >= 4 is 17.2 Å². The molecule has 0 spiro atoms. The van der Waals surface area contributed by atoms with Crippen LogP contribution in [-0.4, -0.2) is 41.1 Å². The van der Waals surface area contributed by atoms with E-state index in [9.17, 15) is 0 Å². The Labute approximate surface area is 114 Å². The molecule has 1 aromatic rings. The highest BCUT2D eigenvalue weighted by Gasteiger charge is 2.11.